The maximum absolute atomic E-state index is 9.53. The number of hydrogen-bond donors (Lipinski definition) is 4. The predicted octanol–water partition coefficient (Wildman–Crippen LogP) is -0.296. The van der Waals surface area contributed by atoms with Gasteiger partial charge in [0.2, 0.25) is 0 Å². The van der Waals surface area contributed by atoms with Crippen LogP contribution >= 0.6 is 0 Å². The summed E-state index contributed by atoms with van der Waals surface area (Å²) in [4.78, 5) is 0. The molecule has 0 aromatic heterocycles. The van der Waals surface area contributed by atoms with E-state index in [1.807, 2.05) is 27.7 Å². The average molecular weight is 204 g/mol. The molecule has 86 valence electrons. The third kappa shape index (κ3) is 7.26. The Morgan fingerprint density at radius 1 is 0.786 bits per heavy atom. The first-order valence-corrected chi connectivity index (χ1v) is 5.26. The highest BCUT2D eigenvalue weighted by Crippen LogP contribution is 1.92. The summed E-state index contributed by atoms with van der Waals surface area (Å²) in [6.45, 7) is 8.88. The van der Waals surface area contributed by atoms with Crippen LogP contribution in [0.5, 0.6) is 0 Å². The summed E-state index contributed by atoms with van der Waals surface area (Å²) in [6.07, 6.45) is -1.41. The smallest absolute Gasteiger partial charge is 0.0935 e. The second kappa shape index (κ2) is 7.17. The van der Waals surface area contributed by atoms with E-state index in [4.69, 9.17) is 0 Å². The summed E-state index contributed by atoms with van der Waals surface area (Å²) in [6, 6.07) is 0.657. The number of rotatable bonds is 7. The lowest BCUT2D eigenvalue weighted by atomic mass is 10.2. The molecule has 0 rings (SSSR count). The van der Waals surface area contributed by atoms with Gasteiger partial charge >= 0.3 is 0 Å². The van der Waals surface area contributed by atoms with Crippen LogP contribution < -0.4 is 10.6 Å². The minimum absolute atomic E-state index is 0.329. The molecule has 0 aromatic carbocycles. The summed E-state index contributed by atoms with van der Waals surface area (Å²) in [5.41, 5.74) is 0. The van der Waals surface area contributed by atoms with Crippen LogP contribution in [0.1, 0.15) is 27.7 Å². The van der Waals surface area contributed by atoms with Crippen molar-refractivity contribution in [3.63, 3.8) is 0 Å². The Morgan fingerprint density at radius 2 is 1.07 bits per heavy atom. The number of aliphatic hydroxyl groups is 2. The Morgan fingerprint density at radius 3 is 1.29 bits per heavy atom. The van der Waals surface area contributed by atoms with Crippen molar-refractivity contribution in [1.82, 2.24) is 10.6 Å². The molecule has 0 fully saturated rings. The van der Waals surface area contributed by atoms with E-state index in [-0.39, 0.29) is 0 Å². The van der Waals surface area contributed by atoms with Gasteiger partial charge in [-0.2, -0.15) is 0 Å². The summed E-state index contributed by atoms with van der Waals surface area (Å²) in [5.74, 6) is 0. The molecule has 0 heterocycles. The number of hydrogen-bond acceptors (Lipinski definition) is 4. The Labute approximate surface area is 86.7 Å². The Bertz CT molecular complexity index is 124. The van der Waals surface area contributed by atoms with E-state index in [2.05, 4.69) is 10.6 Å². The summed E-state index contributed by atoms with van der Waals surface area (Å²) < 4.78 is 0. The normalized spacial score (nSPS) is 16.3. The first-order chi connectivity index (χ1) is 6.43. The Hall–Kier alpha value is -0.160. The van der Waals surface area contributed by atoms with E-state index in [1.54, 1.807) is 0 Å². The maximum Gasteiger partial charge on any atom is 0.0935 e. The van der Waals surface area contributed by atoms with E-state index in [1.165, 1.54) is 0 Å². The largest absolute Gasteiger partial charge is 0.389 e. The zero-order valence-electron chi connectivity index (χ0n) is 9.62. The van der Waals surface area contributed by atoms with Gasteiger partial charge in [-0.25, -0.2) is 0 Å². The molecule has 14 heavy (non-hydrogen) atoms. The van der Waals surface area contributed by atoms with Crippen LogP contribution in [0.2, 0.25) is 0 Å². The fourth-order valence-electron chi connectivity index (χ4n) is 0.985. The molecule has 0 amide bonds. The second-order valence-corrected chi connectivity index (χ2v) is 4.26. The molecular weight excluding hydrogens is 180 g/mol. The van der Waals surface area contributed by atoms with Gasteiger partial charge in [-0.05, 0) is 0 Å². The molecule has 0 saturated heterocycles. The van der Waals surface area contributed by atoms with Crippen molar-refractivity contribution < 1.29 is 10.2 Å². The molecule has 0 aliphatic rings. The molecule has 2 unspecified atom stereocenters. The van der Waals surface area contributed by atoms with Crippen LogP contribution in [-0.2, 0) is 0 Å². The molecule has 2 atom stereocenters. The molecule has 4 heteroatoms. The van der Waals surface area contributed by atoms with Crippen LogP contribution in [0.25, 0.3) is 0 Å². The van der Waals surface area contributed by atoms with Crippen LogP contribution in [0.3, 0.4) is 0 Å². The van der Waals surface area contributed by atoms with E-state index in [0.29, 0.717) is 25.2 Å². The zero-order chi connectivity index (χ0) is 11.1. The lowest BCUT2D eigenvalue weighted by Gasteiger charge is -2.21. The molecule has 0 saturated carbocycles. The van der Waals surface area contributed by atoms with E-state index in [0.717, 1.165) is 0 Å². The summed E-state index contributed by atoms with van der Waals surface area (Å²) in [5, 5.41) is 25.2. The van der Waals surface area contributed by atoms with Crippen LogP contribution in [-0.4, -0.2) is 47.6 Å². The third-order valence-corrected chi connectivity index (χ3v) is 1.91. The van der Waals surface area contributed by atoms with Crippen molar-refractivity contribution in [2.75, 3.05) is 13.1 Å². The van der Waals surface area contributed by atoms with Gasteiger partial charge in [-0.15, -0.1) is 0 Å². The van der Waals surface area contributed by atoms with Crippen molar-refractivity contribution in [3.05, 3.63) is 0 Å². The zero-order valence-corrected chi connectivity index (χ0v) is 9.62. The Kier molecular flexibility index (Phi) is 7.09. The van der Waals surface area contributed by atoms with Gasteiger partial charge in [-0.1, -0.05) is 27.7 Å². The van der Waals surface area contributed by atoms with Gasteiger partial charge in [-0.3, -0.25) is 0 Å². The molecule has 0 aromatic rings. The van der Waals surface area contributed by atoms with Crippen molar-refractivity contribution >= 4 is 0 Å². The molecule has 0 spiro atoms. The maximum atomic E-state index is 9.53. The molecule has 4 nitrogen and oxygen atoms in total. The van der Waals surface area contributed by atoms with E-state index in [9.17, 15) is 10.2 Å². The lowest BCUT2D eigenvalue weighted by molar-refractivity contribution is 0.0189. The third-order valence-electron chi connectivity index (χ3n) is 1.91. The fraction of sp³-hybridized carbons (Fsp3) is 1.00. The van der Waals surface area contributed by atoms with Crippen molar-refractivity contribution in [2.24, 2.45) is 0 Å². The summed E-state index contributed by atoms with van der Waals surface area (Å²) >= 11 is 0. The van der Waals surface area contributed by atoms with Gasteiger partial charge in [0.15, 0.2) is 0 Å². The predicted molar refractivity (Wildman–Crippen MR) is 58.3 cm³/mol. The molecular formula is C10H24N2O2. The monoisotopic (exact) mass is 204 g/mol. The Balaban J connectivity index is 3.59. The van der Waals surface area contributed by atoms with Crippen molar-refractivity contribution in [2.45, 2.75) is 52.0 Å². The lowest BCUT2D eigenvalue weighted by Crippen LogP contribution is -2.44. The molecule has 0 bridgehead atoms. The molecule has 0 aliphatic carbocycles. The quantitative estimate of drug-likeness (QED) is 0.460. The minimum Gasteiger partial charge on any atom is -0.389 e. The highest BCUT2D eigenvalue weighted by Gasteiger charge is 2.15. The van der Waals surface area contributed by atoms with Crippen molar-refractivity contribution in [3.8, 4) is 0 Å². The standard InChI is InChI=1S/C10H24N2O2/c1-7(2)11-5-9(13)10(14)6-12-8(3)4/h7-14H,5-6H2,1-4H3. The van der Waals surface area contributed by atoms with E-state index < -0.39 is 12.2 Å². The minimum atomic E-state index is -0.705. The molecule has 0 radical (unpaired) electrons. The van der Waals surface area contributed by atoms with Gasteiger partial charge in [0.1, 0.15) is 0 Å². The first kappa shape index (κ1) is 13.8. The molecule has 4 N–H and O–H groups in total. The van der Waals surface area contributed by atoms with Gasteiger partial charge in [0.05, 0.1) is 12.2 Å². The summed E-state index contributed by atoms with van der Waals surface area (Å²) in [7, 11) is 0. The van der Waals surface area contributed by atoms with Crippen LogP contribution in [0.15, 0.2) is 0 Å². The van der Waals surface area contributed by atoms with E-state index >= 15 is 0 Å². The highest BCUT2D eigenvalue weighted by molar-refractivity contribution is 4.73. The topological polar surface area (TPSA) is 64.5 Å². The average Bonchev–Trinajstić information content (AvgIpc) is 2.09. The SMILES string of the molecule is CC(C)NCC(O)C(O)CNC(C)C. The first-order valence-electron chi connectivity index (χ1n) is 5.26. The molecule has 0 aliphatic heterocycles. The highest BCUT2D eigenvalue weighted by atomic mass is 16.3. The van der Waals surface area contributed by atoms with Crippen LogP contribution in [0, 0.1) is 0 Å². The second-order valence-electron chi connectivity index (χ2n) is 4.26. The van der Waals surface area contributed by atoms with Gasteiger partial charge in [0, 0.05) is 25.2 Å². The van der Waals surface area contributed by atoms with Crippen LogP contribution in [0.4, 0.5) is 0 Å². The number of nitrogens with one attached hydrogen (secondary N) is 2. The number of aliphatic hydroxyl groups excluding tert-OH is 2. The van der Waals surface area contributed by atoms with Gasteiger partial charge < -0.3 is 20.8 Å². The van der Waals surface area contributed by atoms with Crippen molar-refractivity contribution in [1.29, 1.82) is 0 Å². The van der Waals surface area contributed by atoms with Gasteiger partial charge in [0.25, 0.3) is 0 Å². The fourth-order valence-corrected chi connectivity index (χ4v) is 0.985.